The molecule has 0 aliphatic carbocycles. The van der Waals surface area contributed by atoms with E-state index in [0.29, 0.717) is 17.1 Å². The number of likely N-dealkylation sites (N-methyl/N-ethyl adjacent to an activating group) is 1. The number of amides is 3. The van der Waals surface area contributed by atoms with Crippen LogP contribution >= 0.6 is 0 Å². The van der Waals surface area contributed by atoms with Crippen LogP contribution in [0, 0.1) is 12.8 Å². The van der Waals surface area contributed by atoms with Crippen LogP contribution in [0.3, 0.4) is 0 Å². The molecule has 9 nitrogen and oxygen atoms in total. The van der Waals surface area contributed by atoms with E-state index in [4.69, 9.17) is 4.42 Å². The van der Waals surface area contributed by atoms with Crippen molar-refractivity contribution in [2.45, 2.75) is 33.4 Å². The second kappa shape index (κ2) is 10.5. The van der Waals surface area contributed by atoms with Crippen LogP contribution in [0.4, 0.5) is 0 Å². The molecule has 0 unspecified atom stereocenters. The molecule has 0 aromatic carbocycles. The maximum absolute atomic E-state index is 12.6. The van der Waals surface area contributed by atoms with Crippen LogP contribution in [-0.2, 0) is 11.3 Å². The lowest BCUT2D eigenvalue weighted by Gasteiger charge is -2.19. The molecule has 0 saturated heterocycles. The SMILES string of the molecule is CNC(=O)[C@@H](NC(=O)c1ccc(-c2cc(CNC(=O)c3cccc(C)n3)ccn2)o1)C(C)C. The van der Waals surface area contributed by atoms with Crippen molar-refractivity contribution in [1.82, 2.24) is 25.9 Å². The lowest BCUT2D eigenvalue weighted by Crippen LogP contribution is -2.48. The second-order valence-corrected chi connectivity index (χ2v) is 7.87. The molecular weight excluding hydrogens is 422 g/mol. The van der Waals surface area contributed by atoms with Crippen LogP contribution in [0.25, 0.3) is 11.5 Å². The van der Waals surface area contributed by atoms with E-state index in [9.17, 15) is 14.4 Å². The average molecular weight is 450 g/mol. The standard InChI is InChI=1S/C24H27N5O4/c1-14(2)21(24(32)25-4)29-23(31)20-9-8-19(33-20)18-12-16(10-11-26-18)13-27-22(30)17-7-5-6-15(3)28-17/h5-12,14,21H,13H2,1-4H3,(H,25,32)(H,27,30)(H,29,31)/t21-/m0/s1. The molecule has 172 valence electrons. The van der Waals surface area contributed by atoms with Gasteiger partial charge in [-0.15, -0.1) is 0 Å². The zero-order valence-electron chi connectivity index (χ0n) is 19.0. The highest BCUT2D eigenvalue weighted by atomic mass is 16.4. The van der Waals surface area contributed by atoms with Gasteiger partial charge in [0, 0.05) is 25.5 Å². The number of aryl methyl sites for hydroxylation is 1. The molecule has 3 aromatic rings. The van der Waals surface area contributed by atoms with Crippen LogP contribution in [-0.4, -0.2) is 40.8 Å². The number of hydrogen-bond acceptors (Lipinski definition) is 6. The zero-order valence-corrected chi connectivity index (χ0v) is 19.0. The Labute approximate surface area is 192 Å². The third kappa shape index (κ3) is 6.03. The van der Waals surface area contributed by atoms with Gasteiger partial charge in [-0.2, -0.15) is 0 Å². The first-order chi connectivity index (χ1) is 15.8. The van der Waals surface area contributed by atoms with Gasteiger partial charge in [0.05, 0.1) is 0 Å². The number of carbonyl (C=O) groups is 3. The van der Waals surface area contributed by atoms with Crippen molar-refractivity contribution in [3.8, 4) is 11.5 Å². The molecule has 3 N–H and O–H groups in total. The van der Waals surface area contributed by atoms with Gasteiger partial charge in [-0.1, -0.05) is 19.9 Å². The molecule has 33 heavy (non-hydrogen) atoms. The Hall–Kier alpha value is -4.01. The van der Waals surface area contributed by atoms with Crippen molar-refractivity contribution in [2.24, 2.45) is 5.92 Å². The minimum absolute atomic E-state index is 0.0746. The average Bonchev–Trinajstić information content (AvgIpc) is 3.31. The normalized spacial score (nSPS) is 11.7. The molecular formula is C24H27N5O4. The number of hydrogen-bond donors (Lipinski definition) is 3. The smallest absolute Gasteiger partial charge is 0.287 e. The van der Waals surface area contributed by atoms with Gasteiger partial charge in [-0.25, -0.2) is 4.98 Å². The Kier molecular flexibility index (Phi) is 7.55. The molecule has 0 fully saturated rings. The van der Waals surface area contributed by atoms with Crippen molar-refractivity contribution in [3.05, 3.63) is 71.4 Å². The molecule has 0 spiro atoms. The van der Waals surface area contributed by atoms with E-state index in [2.05, 4.69) is 25.9 Å². The van der Waals surface area contributed by atoms with Crippen LogP contribution in [0.2, 0.25) is 0 Å². The number of rotatable bonds is 8. The number of nitrogens with one attached hydrogen (secondary N) is 3. The Morgan fingerprint density at radius 3 is 2.55 bits per heavy atom. The third-order valence-corrected chi connectivity index (χ3v) is 4.96. The molecule has 1 atom stereocenters. The van der Waals surface area contributed by atoms with Crippen LogP contribution < -0.4 is 16.0 Å². The highest BCUT2D eigenvalue weighted by Gasteiger charge is 2.25. The lowest BCUT2D eigenvalue weighted by atomic mass is 10.0. The summed E-state index contributed by atoms with van der Waals surface area (Å²) in [6, 6.07) is 11.3. The molecule has 0 bridgehead atoms. The molecule has 3 aromatic heterocycles. The van der Waals surface area contributed by atoms with Crippen molar-refractivity contribution < 1.29 is 18.8 Å². The summed E-state index contributed by atoms with van der Waals surface area (Å²) >= 11 is 0. The van der Waals surface area contributed by atoms with Crippen LogP contribution in [0.1, 0.15) is 46.1 Å². The molecule has 3 amide bonds. The number of carbonyl (C=O) groups excluding carboxylic acids is 3. The summed E-state index contributed by atoms with van der Waals surface area (Å²) in [5, 5.41) is 8.07. The first-order valence-electron chi connectivity index (χ1n) is 10.6. The fraction of sp³-hybridized carbons (Fsp3) is 0.292. The number of aromatic nitrogens is 2. The van der Waals surface area contributed by atoms with E-state index in [1.54, 1.807) is 36.5 Å². The van der Waals surface area contributed by atoms with Gasteiger partial charge >= 0.3 is 0 Å². The van der Waals surface area contributed by atoms with E-state index in [0.717, 1.165) is 11.3 Å². The molecule has 0 aliphatic heterocycles. The summed E-state index contributed by atoms with van der Waals surface area (Å²) in [6.07, 6.45) is 1.60. The summed E-state index contributed by atoms with van der Waals surface area (Å²) in [4.78, 5) is 45.4. The highest BCUT2D eigenvalue weighted by molar-refractivity contribution is 5.96. The Morgan fingerprint density at radius 1 is 1.06 bits per heavy atom. The number of furan rings is 1. The minimum atomic E-state index is -0.677. The topological polar surface area (TPSA) is 126 Å². The highest BCUT2D eigenvalue weighted by Crippen LogP contribution is 2.21. The first kappa shape index (κ1) is 23.6. The Bertz CT molecular complexity index is 1160. The van der Waals surface area contributed by atoms with Crippen molar-refractivity contribution in [2.75, 3.05) is 7.05 Å². The van der Waals surface area contributed by atoms with Gasteiger partial charge in [0.15, 0.2) is 11.5 Å². The predicted octanol–water partition coefficient (Wildman–Crippen LogP) is 2.48. The largest absolute Gasteiger partial charge is 0.449 e. The quantitative estimate of drug-likeness (QED) is 0.485. The van der Waals surface area contributed by atoms with E-state index >= 15 is 0 Å². The van der Waals surface area contributed by atoms with Gasteiger partial charge in [-0.3, -0.25) is 19.4 Å². The van der Waals surface area contributed by atoms with E-state index in [1.165, 1.54) is 13.1 Å². The summed E-state index contributed by atoms with van der Waals surface area (Å²) in [7, 11) is 1.52. The van der Waals surface area contributed by atoms with E-state index in [1.807, 2.05) is 26.8 Å². The Morgan fingerprint density at radius 2 is 1.85 bits per heavy atom. The summed E-state index contributed by atoms with van der Waals surface area (Å²) < 4.78 is 5.68. The van der Waals surface area contributed by atoms with Crippen LogP contribution in [0.5, 0.6) is 0 Å². The van der Waals surface area contributed by atoms with E-state index in [-0.39, 0.29) is 30.0 Å². The third-order valence-electron chi connectivity index (χ3n) is 4.96. The molecule has 3 rings (SSSR count). The molecule has 9 heteroatoms. The summed E-state index contributed by atoms with van der Waals surface area (Å²) in [6.45, 7) is 5.79. The molecule has 0 saturated carbocycles. The lowest BCUT2D eigenvalue weighted by molar-refractivity contribution is -0.123. The van der Waals surface area contributed by atoms with Crippen LogP contribution in [0.15, 0.2) is 53.1 Å². The van der Waals surface area contributed by atoms with Gasteiger partial charge in [0.25, 0.3) is 11.8 Å². The predicted molar refractivity (Wildman–Crippen MR) is 122 cm³/mol. The Balaban J connectivity index is 1.67. The first-order valence-corrected chi connectivity index (χ1v) is 10.6. The van der Waals surface area contributed by atoms with Crippen molar-refractivity contribution >= 4 is 17.7 Å². The van der Waals surface area contributed by atoms with Gasteiger partial charge < -0.3 is 20.4 Å². The fourth-order valence-corrected chi connectivity index (χ4v) is 3.16. The summed E-state index contributed by atoms with van der Waals surface area (Å²) in [5.41, 5.74) is 2.44. The molecule has 0 aliphatic rings. The fourth-order valence-electron chi connectivity index (χ4n) is 3.16. The second-order valence-electron chi connectivity index (χ2n) is 7.87. The van der Waals surface area contributed by atoms with E-state index < -0.39 is 11.9 Å². The van der Waals surface area contributed by atoms with Crippen molar-refractivity contribution in [3.63, 3.8) is 0 Å². The molecule has 3 heterocycles. The van der Waals surface area contributed by atoms with Gasteiger partial charge in [0.2, 0.25) is 5.91 Å². The maximum atomic E-state index is 12.6. The minimum Gasteiger partial charge on any atom is -0.449 e. The maximum Gasteiger partial charge on any atom is 0.287 e. The monoisotopic (exact) mass is 449 g/mol. The summed E-state index contributed by atoms with van der Waals surface area (Å²) in [5.74, 6) is -0.655. The molecule has 0 radical (unpaired) electrons. The van der Waals surface area contributed by atoms with Crippen molar-refractivity contribution in [1.29, 1.82) is 0 Å². The van der Waals surface area contributed by atoms with Gasteiger partial charge in [0.1, 0.15) is 17.4 Å². The zero-order chi connectivity index (χ0) is 24.0. The number of pyridine rings is 2. The van der Waals surface area contributed by atoms with Gasteiger partial charge in [-0.05, 0) is 54.8 Å². The number of nitrogens with zero attached hydrogens (tertiary/aromatic N) is 2.